The van der Waals surface area contributed by atoms with Gasteiger partial charge in [0.15, 0.2) is 11.8 Å². The second-order valence-corrected chi connectivity index (χ2v) is 8.48. The Balaban J connectivity index is 1.79. The molecule has 0 N–H and O–H groups in total. The minimum absolute atomic E-state index is 0.159. The summed E-state index contributed by atoms with van der Waals surface area (Å²) in [5.41, 5.74) is 0.896. The van der Waals surface area contributed by atoms with Gasteiger partial charge < -0.3 is 4.74 Å². The van der Waals surface area contributed by atoms with Crippen LogP contribution in [0.25, 0.3) is 5.52 Å². The molecular weight excluding hydrogens is 409 g/mol. The highest BCUT2D eigenvalue weighted by Crippen LogP contribution is 2.27. The fourth-order valence-corrected chi connectivity index (χ4v) is 3.86. The first kappa shape index (κ1) is 19.7. The molecule has 3 aromatic heterocycles. The van der Waals surface area contributed by atoms with Crippen molar-refractivity contribution in [2.75, 3.05) is 6.26 Å². The van der Waals surface area contributed by atoms with Crippen LogP contribution in [0.5, 0.6) is 0 Å². The van der Waals surface area contributed by atoms with E-state index in [4.69, 9.17) is 4.74 Å². The largest absolute Gasteiger partial charge is 0.446 e. The van der Waals surface area contributed by atoms with E-state index in [1.165, 1.54) is 35.0 Å². The van der Waals surface area contributed by atoms with Gasteiger partial charge in [-0.05, 0) is 36.4 Å². The molecule has 0 aliphatic heterocycles. The summed E-state index contributed by atoms with van der Waals surface area (Å²) in [5, 5.41) is -0.273. The lowest BCUT2D eigenvalue weighted by atomic mass is 10.1. The summed E-state index contributed by atoms with van der Waals surface area (Å²) in [6.07, 6.45) is 3.03. The molecule has 0 fully saturated rings. The third-order valence-corrected chi connectivity index (χ3v) is 5.33. The lowest BCUT2D eigenvalue weighted by Gasteiger charge is -2.17. The maximum absolute atomic E-state index is 13.8. The Morgan fingerprint density at radius 2 is 1.90 bits per heavy atom. The Morgan fingerprint density at radius 3 is 2.60 bits per heavy atom. The van der Waals surface area contributed by atoms with Crippen LogP contribution in [0.15, 0.2) is 78.2 Å². The van der Waals surface area contributed by atoms with Crippen molar-refractivity contribution in [2.24, 2.45) is 0 Å². The van der Waals surface area contributed by atoms with Crippen molar-refractivity contribution in [3.63, 3.8) is 0 Å². The molecular formula is C21H16FN3O4S. The second kappa shape index (κ2) is 7.68. The molecule has 4 aromatic rings. The lowest BCUT2D eigenvalue weighted by molar-refractivity contribution is 0.0365. The molecule has 1 unspecified atom stereocenters. The van der Waals surface area contributed by atoms with Crippen LogP contribution in [-0.2, 0) is 14.6 Å². The first-order valence-electron chi connectivity index (χ1n) is 8.89. The van der Waals surface area contributed by atoms with Crippen molar-refractivity contribution < 1.29 is 22.3 Å². The van der Waals surface area contributed by atoms with Crippen LogP contribution in [-0.4, -0.2) is 35.0 Å². The van der Waals surface area contributed by atoms with Gasteiger partial charge in [-0.15, -0.1) is 0 Å². The molecule has 0 radical (unpaired) electrons. The predicted octanol–water partition coefficient (Wildman–Crippen LogP) is 3.22. The van der Waals surface area contributed by atoms with Crippen LogP contribution in [0, 0.1) is 5.82 Å². The molecule has 30 heavy (non-hydrogen) atoms. The monoisotopic (exact) mass is 425 g/mol. The zero-order valence-corrected chi connectivity index (χ0v) is 16.6. The lowest BCUT2D eigenvalue weighted by Crippen LogP contribution is -2.15. The van der Waals surface area contributed by atoms with Gasteiger partial charge in [0.25, 0.3) is 0 Å². The molecule has 0 bridgehead atoms. The summed E-state index contributed by atoms with van der Waals surface area (Å²) in [6, 6.07) is 15.6. The SMILES string of the molecule is CS(=O)(=O)c1nc(C(=O)OC(c2cccc(F)c2)c2ccccn2)c2ccccn12. The van der Waals surface area contributed by atoms with E-state index < -0.39 is 27.7 Å². The Hall–Kier alpha value is -3.59. The van der Waals surface area contributed by atoms with Crippen molar-refractivity contribution in [1.82, 2.24) is 14.4 Å². The Morgan fingerprint density at radius 1 is 1.10 bits per heavy atom. The van der Waals surface area contributed by atoms with Gasteiger partial charge in [-0.1, -0.05) is 24.3 Å². The molecule has 0 aliphatic carbocycles. The first-order chi connectivity index (χ1) is 14.3. The van der Waals surface area contributed by atoms with Gasteiger partial charge in [-0.25, -0.2) is 22.6 Å². The number of carbonyl (C=O) groups excluding carboxylic acids is 1. The summed E-state index contributed by atoms with van der Waals surface area (Å²) in [6.45, 7) is 0. The molecule has 0 saturated carbocycles. The number of nitrogens with zero attached hydrogens (tertiary/aromatic N) is 3. The van der Waals surface area contributed by atoms with E-state index in [0.29, 0.717) is 11.3 Å². The average molecular weight is 425 g/mol. The number of sulfone groups is 1. The standard InChI is InChI=1S/C21H16FN3O4S/c1-30(27,28)21-24-18(17-10-3-5-12-25(17)21)20(26)29-19(16-9-2-4-11-23-16)14-7-6-8-15(22)13-14/h2-13,19H,1H3. The maximum Gasteiger partial charge on any atom is 0.360 e. The Kier molecular flexibility index (Phi) is 5.04. The van der Waals surface area contributed by atoms with Crippen LogP contribution in [0.4, 0.5) is 4.39 Å². The van der Waals surface area contributed by atoms with Crippen LogP contribution in [0.2, 0.25) is 0 Å². The number of esters is 1. The number of hydrogen-bond acceptors (Lipinski definition) is 6. The number of pyridine rings is 2. The normalized spacial score (nSPS) is 12.6. The first-order valence-corrected chi connectivity index (χ1v) is 10.8. The van der Waals surface area contributed by atoms with Gasteiger partial charge in [0, 0.05) is 24.2 Å². The van der Waals surface area contributed by atoms with Gasteiger partial charge >= 0.3 is 5.97 Å². The molecule has 0 saturated heterocycles. The van der Waals surface area contributed by atoms with E-state index in [2.05, 4.69) is 9.97 Å². The number of benzene rings is 1. The zero-order chi connectivity index (χ0) is 21.3. The molecule has 152 valence electrons. The number of rotatable bonds is 5. The fraction of sp³-hybridized carbons (Fsp3) is 0.0952. The molecule has 9 heteroatoms. The van der Waals surface area contributed by atoms with Crippen molar-refractivity contribution in [3.05, 3.63) is 95.8 Å². The molecule has 7 nitrogen and oxygen atoms in total. The summed E-state index contributed by atoms with van der Waals surface area (Å²) in [4.78, 5) is 21.3. The zero-order valence-electron chi connectivity index (χ0n) is 15.8. The van der Waals surface area contributed by atoms with E-state index in [-0.39, 0.29) is 16.4 Å². The van der Waals surface area contributed by atoms with Gasteiger partial charge in [-0.2, -0.15) is 0 Å². The van der Waals surface area contributed by atoms with Crippen LogP contribution in [0.3, 0.4) is 0 Å². The minimum Gasteiger partial charge on any atom is -0.446 e. The summed E-state index contributed by atoms with van der Waals surface area (Å²) in [5.74, 6) is -1.34. The summed E-state index contributed by atoms with van der Waals surface area (Å²) in [7, 11) is -3.70. The van der Waals surface area contributed by atoms with Crippen molar-refractivity contribution >= 4 is 21.3 Å². The van der Waals surface area contributed by atoms with E-state index in [1.54, 1.807) is 42.5 Å². The number of ether oxygens (including phenoxy) is 1. The third kappa shape index (κ3) is 3.79. The van der Waals surface area contributed by atoms with E-state index in [1.807, 2.05) is 0 Å². The quantitative estimate of drug-likeness (QED) is 0.456. The summed E-state index contributed by atoms with van der Waals surface area (Å²) >= 11 is 0. The van der Waals surface area contributed by atoms with Gasteiger partial charge in [0.2, 0.25) is 15.0 Å². The number of imidazole rings is 1. The number of hydrogen-bond donors (Lipinski definition) is 0. The van der Waals surface area contributed by atoms with Gasteiger partial charge in [0.1, 0.15) is 5.82 Å². The van der Waals surface area contributed by atoms with Crippen molar-refractivity contribution in [3.8, 4) is 0 Å². The Bertz CT molecular complexity index is 1340. The van der Waals surface area contributed by atoms with E-state index in [9.17, 15) is 17.6 Å². The van der Waals surface area contributed by atoms with Gasteiger partial charge in [-0.3, -0.25) is 9.38 Å². The summed E-state index contributed by atoms with van der Waals surface area (Å²) < 4.78 is 45.0. The van der Waals surface area contributed by atoms with Crippen LogP contribution < -0.4 is 0 Å². The molecule has 1 aromatic carbocycles. The maximum atomic E-state index is 13.8. The fourth-order valence-electron chi connectivity index (χ4n) is 3.08. The average Bonchev–Trinajstić information content (AvgIpc) is 3.13. The van der Waals surface area contributed by atoms with Crippen LogP contribution in [0.1, 0.15) is 27.8 Å². The number of carbonyl (C=O) groups is 1. The third-order valence-electron chi connectivity index (χ3n) is 4.37. The molecule has 1 atom stereocenters. The molecule has 4 rings (SSSR count). The van der Waals surface area contributed by atoms with Gasteiger partial charge in [0.05, 0.1) is 11.2 Å². The predicted molar refractivity (Wildman–Crippen MR) is 106 cm³/mol. The van der Waals surface area contributed by atoms with E-state index in [0.717, 1.165) is 6.26 Å². The van der Waals surface area contributed by atoms with Crippen molar-refractivity contribution in [1.29, 1.82) is 0 Å². The number of aromatic nitrogens is 3. The molecule has 0 spiro atoms. The molecule has 0 aliphatic rings. The second-order valence-electron chi connectivity index (χ2n) is 6.57. The Labute approximate surface area is 171 Å². The van der Waals surface area contributed by atoms with E-state index >= 15 is 0 Å². The highest BCUT2D eigenvalue weighted by Gasteiger charge is 2.27. The minimum atomic E-state index is -3.70. The molecule has 3 heterocycles. The topological polar surface area (TPSA) is 90.6 Å². The number of fused-ring (bicyclic) bond motifs is 1. The van der Waals surface area contributed by atoms with Crippen molar-refractivity contribution in [2.45, 2.75) is 11.3 Å². The highest BCUT2D eigenvalue weighted by molar-refractivity contribution is 7.90. The molecule has 0 amide bonds. The van der Waals surface area contributed by atoms with Crippen LogP contribution >= 0.6 is 0 Å². The number of halogens is 1. The smallest absolute Gasteiger partial charge is 0.360 e. The highest BCUT2D eigenvalue weighted by atomic mass is 32.2.